The standard InChI is InChI=1S/C26H36N2O5/c1-7-18(2)27-26(30)19(3)28(17-21-8-12-22(31-4)13-9-21)25(29)15-11-20-10-14-23(32-5)24(16-20)33-6/h8-10,12-14,16,18-19H,7,11,15,17H2,1-6H3,(H,27,30). The quantitative estimate of drug-likeness (QED) is 0.523. The van der Waals surface area contributed by atoms with Crippen molar-refractivity contribution in [1.29, 1.82) is 0 Å². The summed E-state index contributed by atoms with van der Waals surface area (Å²) in [4.78, 5) is 27.7. The largest absolute Gasteiger partial charge is 0.497 e. The first-order valence-electron chi connectivity index (χ1n) is 11.3. The second kappa shape index (κ2) is 12.7. The van der Waals surface area contributed by atoms with Gasteiger partial charge in [-0.1, -0.05) is 25.1 Å². The maximum absolute atomic E-state index is 13.3. The maximum atomic E-state index is 13.3. The highest BCUT2D eigenvalue weighted by molar-refractivity contribution is 5.87. The van der Waals surface area contributed by atoms with E-state index in [1.165, 1.54) is 0 Å². The predicted octanol–water partition coefficient (Wildman–Crippen LogP) is 3.98. The molecule has 0 bridgehead atoms. The van der Waals surface area contributed by atoms with E-state index in [0.29, 0.717) is 24.5 Å². The van der Waals surface area contributed by atoms with Gasteiger partial charge in [-0.05, 0) is 62.1 Å². The Labute approximate surface area is 197 Å². The fourth-order valence-corrected chi connectivity index (χ4v) is 3.41. The molecule has 2 unspecified atom stereocenters. The Kier molecular flexibility index (Phi) is 10.0. The zero-order chi connectivity index (χ0) is 24.4. The third kappa shape index (κ3) is 7.41. The first-order chi connectivity index (χ1) is 15.8. The van der Waals surface area contributed by atoms with E-state index in [4.69, 9.17) is 14.2 Å². The van der Waals surface area contributed by atoms with Gasteiger partial charge in [0.2, 0.25) is 11.8 Å². The molecule has 2 atom stereocenters. The summed E-state index contributed by atoms with van der Waals surface area (Å²) in [5.74, 6) is 1.76. The van der Waals surface area contributed by atoms with E-state index in [9.17, 15) is 9.59 Å². The normalized spacial score (nSPS) is 12.4. The van der Waals surface area contributed by atoms with E-state index in [1.54, 1.807) is 33.2 Å². The summed E-state index contributed by atoms with van der Waals surface area (Å²) < 4.78 is 15.9. The monoisotopic (exact) mass is 456 g/mol. The third-order valence-corrected chi connectivity index (χ3v) is 5.76. The molecule has 0 aliphatic heterocycles. The zero-order valence-corrected chi connectivity index (χ0v) is 20.5. The van der Waals surface area contributed by atoms with Crippen LogP contribution < -0.4 is 19.5 Å². The Balaban J connectivity index is 2.18. The summed E-state index contributed by atoms with van der Waals surface area (Å²) in [6.07, 6.45) is 1.62. The molecular formula is C26H36N2O5. The van der Waals surface area contributed by atoms with E-state index < -0.39 is 6.04 Å². The average molecular weight is 457 g/mol. The number of benzene rings is 2. The third-order valence-electron chi connectivity index (χ3n) is 5.76. The summed E-state index contributed by atoms with van der Waals surface area (Å²) in [5, 5.41) is 2.99. The summed E-state index contributed by atoms with van der Waals surface area (Å²) >= 11 is 0. The highest BCUT2D eigenvalue weighted by Gasteiger charge is 2.26. The van der Waals surface area contributed by atoms with Gasteiger partial charge in [-0.2, -0.15) is 0 Å². The van der Waals surface area contributed by atoms with Crippen molar-refractivity contribution in [3.63, 3.8) is 0 Å². The van der Waals surface area contributed by atoms with Gasteiger partial charge in [0.25, 0.3) is 0 Å². The van der Waals surface area contributed by atoms with E-state index in [1.807, 2.05) is 56.3 Å². The fourth-order valence-electron chi connectivity index (χ4n) is 3.41. The molecule has 0 aliphatic carbocycles. The molecule has 0 aliphatic rings. The summed E-state index contributed by atoms with van der Waals surface area (Å²) in [7, 11) is 4.78. The second-order valence-corrected chi connectivity index (χ2v) is 8.05. The molecule has 7 heteroatoms. The van der Waals surface area contributed by atoms with Crippen LogP contribution in [-0.4, -0.2) is 50.1 Å². The lowest BCUT2D eigenvalue weighted by molar-refractivity contribution is -0.140. The van der Waals surface area contributed by atoms with Crippen LogP contribution in [0.5, 0.6) is 17.2 Å². The average Bonchev–Trinajstić information content (AvgIpc) is 2.85. The number of methoxy groups -OCH3 is 3. The van der Waals surface area contributed by atoms with Gasteiger partial charge in [0, 0.05) is 19.0 Å². The molecule has 1 N–H and O–H groups in total. The Hall–Kier alpha value is -3.22. The van der Waals surface area contributed by atoms with Gasteiger partial charge in [-0.3, -0.25) is 9.59 Å². The summed E-state index contributed by atoms with van der Waals surface area (Å²) in [6.45, 7) is 6.08. The lowest BCUT2D eigenvalue weighted by Crippen LogP contribution is -2.49. The molecule has 0 saturated heterocycles. The van der Waals surface area contributed by atoms with Gasteiger partial charge in [0.1, 0.15) is 11.8 Å². The number of hydrogen-bond acceptors (Lipinski definition) is 5. The minimum atomic E-state index is -0.598. The van der Waals surface area contributed by atoms with E-state index in [2.05, 4.69) is 5.32 Å². The molecule has 2 amide bonds. The SMILES string of the molecule is CCC(C)NC(=O)C(C)N(Cc1ccc(OC)cc1)C(=O)CCc1ccc(OC)c(OC)c1. The molecule has 0 radical (unpaired) electrons. The first-order valence-corrected chi connectivity index (χ1v) is 11.3. The molecule has 7 nitrogen and oxygen atoms in total. The van der Waals surface area contributed by atoms with Crippen molar-refractivity contribution in [3.05, 3.63) is 53.6 Å². The van der Waals surface area contributed by atoms with Crippen molar-refractivity contribution in [2.45, 2.75) is 58.7 Å². The van der Waals surface area contributed by atoms with E-state index in [-0.39, 0.29) is 24.3 Å². The Morgan fingerprint density at radius 1 is 0.909 bits per heavy atom. The molecule has 2 rings (SSSR count). The van der Waals surface area contributed by atoms with Gasteiger partial charge < -0.3 is 24.4 Å². The molecule has 0 aromatic heterocycles. The number of nitrogens with zero attached hydrogens (tertiary/aromatic N) is 1. The van der Waals surface area contributed by atoms with Crippen molar-refractivity contribution >= 4 is 11.8 Å². The van der Waals surface area contributed by atoms with Crippen molar-refractivity contribution < 1.29 is 23.8 Å². The summed E-state index contributed by atoms with van der Waals surface area (Å²) in [5.41, 5.74) is 1.89. The van der Waals surface area contributed by atoms with Gasteiger partial charge >= 0.3 is 0 Å². The minimum Gasteiger partial charge on any atom is -0.497 e. The van der Waals surface area contributed by atoms with Crippen LogP contribution in [0.3, 0.4) is 0 Å². The number of nitrogens with one attached hydrogen (secondary N) is 1. The number of rotatable bonds is 12. The number of ether oxygens (including phenoxy) is 3. The molecule has 2 aromatic rings. The van der Waals surface area contributed by atoms with E-state index in [0.717, 1.165) is 23.3 Å². The van der Waals surface area contributed by atoms with Crippen molar-refractivity contribution in [1.82, 2.24) is 10.2 Å². The topological polar surface area (TPSA) is 77.1 Å². The molecule has 2 aromatic carbocycles. The lowest BCUT2D eigenvalue weighted by atomic mass is 10.1. The number of aryl methyl sites for hydroxylation is 1. The molecule has 180 valence electrons. The molecule has 0 fully saturated rings. The molecule has 0 heterocycles. The number of hydrogen-bond donors (Lipinski definition) is 1. The minimum absolute atomic E-state index is 0.0460. The zero-order valence-electron chi connectivity index (χ0n) is 20.5. The van der Waals surface area contributed by atoms with Gasteiger partial charge in [0.05, 0.1) is 21.3 Å². The number of amides is 2. The highest BCUT2D eigenvalue weighted by Crippen LogP contribution is 2.28. The predicted molar refractivity (Wildman–Crippen MR) is 129 cm³/mol. The Bertz CT molecular complexity index is 913. The van der Waals surface area contributed by atoms with Crippen LogP contribution in [0.1, 0.15) is 44.7 Å². The van der Waals surface area contributed by atoms with Crippen LogP contribution >= 0.6 is 0 Å². The van der Waals surface area contributed by atoms with Crippen LogP contribution in [0.2, 0.25) is 0 Å². The van der Waals surface area contributed by atoms with Gasteiger partial charge in [0.15, 0.2) is 11.5 Å². The Morgan fingerprint density at radius 3 is 2.12 bits per heavy atom. The van der Waals surface area contributed by atoms with Crippen LogP contribution in [0.25, 0.3) is 0 Å². The Morgan fingerprint density at radius 2 is 1.55 bits per heavy atom. The van der Waals surface area contributed by atoms with Crippen LogP contribution in [0.4, 0.5) is 0 Å². The number of carbonyl (C=O) groups is 2. The lowest BCUT2D eigenvalue weighted by Gasteiger charge is -2.30. The molecule has 0 spiro atoms. The first kappa shape index (κ1) is 26.0. The van der Waals surface area contributed by atoms with Gasteiger partial charge in [-0.15, -0.1) is 0 Å². The van der Waals surface area contributed by atoms with Crippen LogP contribution in [-0.2, 0) is 22.6 Å². The van der Waals surface area contributed by atoms with Crippen molar-refractivity contribution in [3.8, 4) is 17.2 Å². The molecule has 33 heavy (non-hydrogen) atoms. The molecular weight excluding hydrogens is 420 g/mol. The fraction of sp³-hybridized carbons (Fsp3) is 0.462. The number of carbonyl (C=O) groups excluding carboxylic acids is 2. The van der Waals surface area contributed by atoms with Crippen LogP contribution in [0, 0.1) is 0 Å². The van der Waals surface area contributed by atoms with Gasteiger partial charge in [-0.25, -0.2) is 0 Å². The smallest absolute Gasteiger partial charge is 0.242 e. The van der Waals surface area contributed by atoms with E-state index >= 15 is 0 Å². The van der Waals surface area contributed by atoms with Crippen molar-refractivity contribution in [2.24, 2.45) is 0 Å². The van der Waals surface area contributed by atoms with Crippen LogP contribution in [0.15, 0.2) is 42.5 Å². The van der Waals surface area contributed by atoms with Crippen molar-refractivity contribution in [2.75, 3.05) is 21.3 Å². The summed E-state index contributed by atoms with van der Waals surface area (Å²) in [6, 6.07) is 12.6. The maximum Gasteiger partial charge on any atom is 0.242 e. The second-order valence-electron chi connectivity index (χ2n) is 8.05. The highest BCUT2D eigenvalue weighted by atomic mass is 16.5. The molecule has 0 saturated carbocycles.